The molecule has 0 aromatic rings. The molecule has 0 spiro atoms. The van der Waals surface area contributed by atoms with E-state index in [-0.39, 0.29) is 0 Å². The average molecular weight is 290 g/mol. The van der Waals surface area contributed by atoms with Crippen molar-refractivity contribution >= 4 is 0 Å². The zero-order valence-electron chi connectivity index (χ0n) is 10.8. The monoisotopic (exact) mass is 290 g/mol. The number of likely N-dealkylation sites (N-methyl/N-ethyl adjacent to an activating group) is 1. The number of rotatable bonds is 6. The third-order valence-corrected chi connectivity index (χ3v) is 2.86. The molecule has 0 aliphatic carbocycles. The molecule has 8 heteroatoms. The summed E-state index contributed by atoms with van der Waals surface area (Å²) in [6, 6.07) is 0. The van der Waals surface area contributed by atoms with Gasteiger partial charge in [0.15, 0.2) is 0 Å². The number of halogens is 5. The van der Waals surface area contributed by atoms with Crippen LogP contribution in [-0.4, -0.2) is 74.9 Å². The van der Waals surface area contributed by atoms with E-state index in [1.165, 1.54) is 11.9 Å². The maximum absolute atomic E-state index is 13.1. The van der Waals surface area contributed by atoms with Crippen LogP contribution < -0.4 is 0 Å². The number of alkyl halides is 5. The fourth-order valence-electron chi connectivity index (χ4n) is 1.96. The zero-order chi connectivity index (χ0) is 14.5. The third kappa shape index (κ3) is 7.64. The molecule has 0 unspecified atom stereocenters. The highest BCUT2D eigenvalue weighted by molar-refractivity contribution is 4.75. The molecule has 0 aromatic carbocycles. The lowest BCUT2D eigenvalue weighted by atomic mass is 10.2. The molecule has 0 N–H and O–H groups in total. The predicted molar refractivity (Wildman–Crippen MR) is 60.4 cm³/mol. The minimum absolute atomic E-state index is 0.313. The van der Waals surface area contributed by atoms with E-state index in [0.29, 0.717) is 26.3 Å². The number of nitrogens with zero attached hydrogens (tertiary/aromatic N) is 2. The second kappa shape index (κ2) is 6.81. The Morgan fingerprint density at radius 1 is 1.11 bits per heavy atom. The van der Waals surface area contributed by atoms with Gasteiger partial charge in [-0.05, 0) is 7.05 Å². The van der Waals surface area contributed by atoms with Crippen LogP contribution in [0.2, 0.25) is 0 Å². The first kappa shape index (κ1) is 16.6. The van der Waals surface area contributed by atoms with Crippen molar-refractivity contribution in [1.29, 1.82) is 0 Å². The van der Waals surface area contributed by atoms with E-state index in [1.807, 2.05) is 4.90 Å². The molecule has 1 aliphatic rings. The molecule has 1 aliphatic heterocycles. The van der Waals surface area contributed by atoms with Gasteiger partial charge in [-0.1, -0.05) is 0 Å². The lowest BCUT2D eigenvalue weighted by Gasteiger charge is -2.30. The summed E-state index contributed by atoms with van der Waals surface area (Å²) in [5.41, 5.74) is 0. The van der Waals surface area contributed by atoms with E-state index >= 15 is 0 Å². The largest absolute Gasteiger partial charge is 0.394 e. The van der Waals surface area contributed by atoms with E-state index < -0.39 is 25.1 Å². The standard InChI is InChI=1S/C11H19F5N2O/c1-17(2-3-18-4-6-19-7-5-18)9-10(12,13)8-11(14,15)16/h2-9H2,1H3. The van der Waals surface area contributed by atoms with Crippen molar-refractivity contribution in [2.75, 3.05) is 53.0 Å². The summed E-state index contributed by atoms with van der Waals surface area (Å²) in [7, 11) is 1.41. The van der Waals surface area contributed by atoms with Crippen molar-refractivity contribution in [3.63, 3.8) is 0 Å². The second-order valence-electron chi connectivity index (χ2n) is 4.84. The Kier molecular flexibility index (Phi) is 5.94. The fourth-order valence-corrected chi connectivity index (χ4v) is 1.96. The highest BCUT2D eigenvalue weighted by Crippen LogP contribution is 2.31. The van der Waals surface area contributed by atoms with Crippen molar-refractivity contribution < 1.29 is 26.7 Å². The van der Waals surface area contributed by atoms with Gasteiger partial charge >= 0.3 is 6.18 Å². The first-order valence-corrected chi connectivity index (χ1v) is 6.11. The van der Waals surface area contributed by atoms with Crippen LogP contribution in [0, 0.1) is 0 Å². The third-order valence-electron chi connectivity index (χ3n) is 2.86. The van der Waals surface area contributed by atoms with Gasteiger partial charge in [0, 0.05) is 26.2 Å². The molecule has 0 aromatic heterocycles. The normalized spacial score (nSPS) is 19.1. The van der Waals surface area contributed by atoms with Crippen LogP contribution in [0.15, 0.2) is 0 Å². The van der Waals surface area contributed by atoms with Gasteiger partial charge in [-0.15, -0.1) is 0 Å². The Balaban J connectivity index is 2.27. The molecule has 0 bridgehead atoms. The Morgan fingerprint density at radius 2 is 1.68 bits per heavy atom. The van der Waals surface area contributed by atoms with Crippen LogP contribution >= 0.6 is 0 Å². The first-order valence-electron chi connectivity index (χ1n) is 6.11. The van der Waals surface area contributed by atoms with E-state index in [1.54, 1.807) is 0 Å². The van der Waals surface area contributed by atoms with E-state index in [0.717, 1.165) is 13.1 Å². The minimum Gasteiger partial charge on any atom is -0.379 e. The van der Waals surface area contributed by atoms with Crippen LogP contribution in [-0.2, 0) is 4.74 Å². The van der Waals surface area contributed by atoms with Crippen LogP contribution in [0.3, 0.4) is 0 Å². The summed E-state index contributed by atoms with van der Waals surface area (Å²) >= 11 is 0. The SMILES string of the molecule is CN(CCN1CCOCC1)CC(F)(F)CC(F)(F)F. The minimum atomic E-state index is -4.84. The number of hydrogen-bond donors (Lipinski definition) is 0. The molecule has 0 saturated carbocycles. The summed E-state index contributed by atoms with van der Waals surface area (Å²) < 4.78 is 67.3. The molecule has 3 nitrogen and oxygen atoms in total. The molecule has 0 radical (unpaired) electrons. The van der Waals surface area contributed by atoms with Gasteiger partial charge in [-0.2, -0.15) is 13.2 Å². The molecule has 1 heterocycles. The van der Waals surface area contributed by atoms with Gasteiger partial charge in [0.1, 0.15) is 6.42 Å². The van der Waals surface area contributed by atoms with Crippen molar-refractivity contribution in [3.8, 4) is 0 Å². The van der Waals surface area contributed by atoms with Gasteiger partial charge in [0.05, 0.1) is 19.8 Å². The number of morpholine rings is 1. The molecular formula is C11H19F5N2O. The topological polar surface area (TPSA) is 15.7 Å². The highest BCUT2D eigenvalue weighted by Gasteiger charge is 2.43. The van der Waals surface area contributed by atoms with Crippen LogP contribution in [0.4, 0.5) is 22.0 Å². The van der Waals surface area contributed by atoms with Gasteiger partial charge in [-0.25, -0.2) is 8.78 Å². The summed E-state index contributed by atoms with van der Waals surface area (Å²) in [4.78, 5) is 3.28. The van der Waals surface area contributed by atoms with Crippen LogP contribution in [0.25, 0.3) is 0 Å². The average Bonchev–Trinajstić information content (AvgIpc) is 2.23. The molecule has 1 rings (SSSR count). The number of ether oxygens (including phenoxy) is 1. The molecule has 19 heavy (non-hydrogen) atoms. The lowest BCUT2D eigenvalue weighted by molar-refractivity contribution is -0.191. The predicted octanol–water partition coefficient (Wildman–Crippen LogP) is 1.84. The second-order valence-corrected chi connectivity index (χ2v) is 4.84. The fraction of sp³-hybridized carbons (Fsp3) is 1.00. The molecule has 0 atom stereocenters. The van der Waals surface area contributed by atoms with Crippen molar-refractivity contribution in [2.45, 2.75) is 18.5 Å². The molecular weight excluding hydrogens is 271 g/mol. The van der Waals surface area contributed by atoms with Gasteiger partial charge in [0.25, 0.3) is 5.92 Å². The van der Waals surface area contributed by atoms with E-state index in [4.69, 9.17) is 4.74 Å². The van der Waals surface area contributed by atoms with Gasteiger partial charge in [-0.3, -0.25) is 9.80 Å². The Morgan fingerprint density at radius 3 is 2.21 bits per heavy atom. The molecule has 1 fully saturated rings. The maximum Gasteiger partial charge on any atom is 0.394 e. The van der Waals surface area contributed by atoms with Crippen LogP contribution in [0.1, 0.15) is 6.42 Å². The summed E-state index contributed by atoms with van der Waals surface area (Å²) in [5, 5.41) is 0. The Hall–Kier alpha value is -0.470. The zero-order valence-corrected chi connectivity index (χ0v) is 10.8. The smallest absolute Gasteiger partial charge is 0.379 e. The summed E-state index contributed by atoms with van der Waals surface area (Å²) in [5.74, 6) is -3.74. The summed E-state index contributed by atoms with van der Waals surface area (Å²) in [6.07, 6.45) is -6.91. The van der Waals surface area contributed by atoms with Gasteiger partial charge in [0.2, 0.25) is 0 Å². The van der Waals surface area contributed by atoms with E-state index in [9.17, 15) is 22.0 Å². The molecule has 114 valence electrons. The maximum atomic E-state index is 13.1. The van der Waals surface area contributed by atoms with Crippen molar-refractivity contribution in [1.82, 2.24) is 9.80 Å². The summed E-state index contributed by atoms with van der Waals surface area (Å²) in [6.45, 7) is 2.66. The van der Waals surface area contributed by atoms with Crippen LogP contribution in [0.5, 0.6) is 0 Å². The lowest BCUT2D eigenvalue weighted by Crippen LogP contribution is -2.44. The quantitative estimate of drug-likeness (QED) is 0.694. The highest BCUT2D eigenvalue weighted by atomic mass is 19.4. The Labute approximate surface area is 109 Å². The van der Waals surface area contributed by atoms with Crippen molar-refractivity contribution in [3.05, 3.63) is 0 Å². The number of hydrogen-bond acceptors (Lipinski definition) is 3. The Bertz CT molecular complexity index is 266. The van der Waals surface area contributed by atoms with E-state index in [2.05, 4.69) is 0 Å². The molecule has 0 amide bonds. The van der Waals surface area contributed by atoms with Gasteiger partial charge < -0.3 is 4.74 Å². The van der Waals surface area contributed by atoms with Crippen molar-refractivity contribution in [2.24, 2.45) is 0 Å². The molecule has 1 saturated heterocycles. The first-order chi connectivity index (χ1) is 8.68.